The van der Waals surface area contributed by atoms with Crippen molar-refractivity contribution in [1.29, 1.82) is 0 Å². The van der Waals surface area contributed by atoms with E-state index in [1.54, 1.807) is 12.1 Å². The topological polar surface area (TPSA) is 26.3 Å². The molecule has 19 heavy (non-hydrogen) atoms. The molecule has 0 aliphatic rings. The minimum Gasteiger partial charge on any atom is -0.485 e. The number of thiophene rings is 1. The molecule has 0 saturated carbocycles. The summed E-state index contributed by atoms with van der Waals surface area (Å²) in [4.78, 5) is 12.5. The summed E-state index contributed by atoms with van der Waals surface area (Å²) in [5.41, 5.74) is 1.20. The highest BCUT2D eigenvalue weighted by molar-refractivity contribution is 7.18. The molecule has 0 saturated heterocycles. The van der Waals surface area contributed by atoms with Gasteiger partial charge in [0.15, 0.2) is 6.61 Å². The molecule has 0 bridgehead atoms. The summed E-state index contributed by atoms with van der Waals surface area (Å²) in [6.07, 6.45) is 0. The van der Waals surface area contributed by atoms with Crippen molar-refractivity contribution < 1.29 is 9.53 Å². The molecule has 0 aliphatic carbocycles. The fourth-order valence-corrected chi connectivity index (χ4v) is 2.61. The lowest BCUT2D eigenvalue weighted by molar-refractivity contribution is 0.0925. The largest absolute Gasteiger partial charge is 0.485 e. The molecule has 2 nitrogen and oxygen atoms in total. The number of carbonyl (C=O) groups is 1. The summed E-state index contributed by atoms with van der Waals surface area (Å²) in [5.74, 6) is 1.12. The Morgan fingerprint density at radius 1 is 1.32 bits per heavy atom. The lowest BCUT2D eigenvalue weighted by atomic mass is 10.0. The molecule has 1 aromatic carbocycles. The highest BCUT2D eigenvalue weighted by Gasteiger charge is 2.10. The summed E-state index contributed by atoms with van der Waals surface area (Å²) < 4.78 is 6.15. The number of ketones is 1. The van der Waals surface area contributed by atoms with Crippen LogP contribution >= 0.6 is 22.9 Å². The zero-order valence-electron chi connectivity index (χ0n) is 10.9. The molecule has 0 unspecified atom stereocenters. The van der Waals surface area contributed by atoms with E-state index < -0.39 is 0 Å². The van der Waals surface area contributed by atoms with Crippen LogP contribution in [0.15, 0.2) is 36.4 Å². The van der Waals surface area contributed by atoms with Gasteiger partial charge in [-0.15, -0.1) is 11.3 Å². The van der Waals surface area contributed by atoms with Crippen LogP contribution in [0.3, 0.4) is 0 Å². The number of carbonyl (C=O) groups excluding carboxylic acids is 1. The molecule has 0 fully saturated rings. The smallest absolute Gasteiger partial charge is 0.210 e. The maximum Gasteiger partial charge on any atom is 0.210 e. The quantitative estimate of drug-likeness (QED) is 0.741. The highest BCUT2D eigenvalue weighted by atomic mass is 35.5. The third-order valence-electron chi connectivity index (χ3n) is 2.74. The molecule has 1 heterocycles. The van der Waals surface area contributed by atoms with Crippen molar-refractivity contribution in [2.75, 3.05) is 6.61 Å². The van der Waals surface area contributed by atoms with Crippen LogP contribution in [0.2, 0.25) is 4.34 Å². The van der Waals surface area contributed by atoms with Gasteiger partial charge in [0.1, 0.15) is 5.75 Å². The van der Waals surface area contributed by atoms with Crippen LogP contribution in [0, 0.1) is 0 Å². The Balaban J connectivity index is 1.99. The molecule has 1 aromatic heterocycles. The van der Waals surface area contributed by atoms with E-state index in [1.807, 2.05) is 18.2 Å². The predicted octanol–water partition coefficient (Wildman–Crippen LogP) is 4.79. The molecule has 0 atom stereocenters. The van der Waals surface area contributed by atoms with Gasteiger partial charge in [-0.3, -0.25) is 4.79 Å². The van der Waals surface area contributed by atoms with E-state index in [2.05, 4.69) is 19.9 Å². The first-order valence-corrected chi connectivity index (χ1v) is 7.27. The van der Waals surface area contributed by atoms with Crippen molar-refractivity contribution in [3.63, 3.8) is 0 Å². The van der Waals surface area contributed by atoms with Crippen LogP contribution in [0.4, 0.5) is 0 Å². The molecule has 0 amide bonds. The second-order valence-electron chi connectivity index (χ2n) is 4.54. The normalized spacial score (nSPS) is 10.7. The van der Waals surface area contributed by atoms with Crippen LogP contribution in [0.25, 0.3) is 0 Å². The van der Waals surface area contributed by atoms with Gasteiger partial charge in [-0.2, -0.15) is 0 Å². The molecule has 0 aliphatic heterocycles. The summed E-state index contributed by atoms with van der Waals surface area (Å²) in [6.45, 7) is 4.29. The Bertz CT molecular complexity index is 575. The summed E-state index contributed by atoms with van der Waals surface area (Å²) in [5, 5.41) is 0. The van der Waals surface area contributed by atoms with Crippen molar-refractivity contribution in [3.05, 3.63) is 51.2 Å². The summed E-state index contributed by atoms with van der Waals surface area (Å²) >= 11 is 7.08. The Hall–Kier alpha value is -1.32. The number of Topliss-reactive ketones (excluding diaryl/α,β-unsaturated/α-hetero) is 1. The summed E-state index contributed by atoms with van der Waals surface area (Å²) in [6, 6.07) is 11.3. The van der Waals surface area contributed by atoms with Gasteiger partial charge in [0, 0.05) is 0 Å². The van der Waals surface area contributed by atoms with Crippen LogP contribution in [-0.4, -0.2) is 12.4 Å². The maximum absolute atomic E-state index is 11.9. The SMILES string of the molecule is CC(C)c1cccc(OCC(=O)c2ccc(Cl)s2)c1. The van der Waals surface area contributed by atoms with E-state index in [9.17, 15) is 4.79 Å². The lowest BCUT2D eigenvalue weighted by Crippen LogP contribution is -2.10. The fraction of sp³-hybridized carbons (Fsp3) is 0.267. The third-order valence-corrected chi connectivity index (χ3v) is 4.01. The first-order chi connectivity index (χ1) is 9.06. The number of ether oxygens (including phenoxy) is 1. The number of benzene rings is 1. The number of hydrogen-bond donors (Lipinski definition) is 0. The van der Waals surface area contributed by atoms with Crippen molar-refractivity contribution in [3.8, 4) is 5.75 Å². The standard InChI is InChI=1S/C15H15ClO2S/c1-10(2)11-4-3-5-12(8-11)18-9-13(17)14-6-7-15(16)19-14/h3-8,10H,9H2,1-2H3. The average Bonchev–Trinajstić information content (AvgIpc) is 2.83. The number of hydrogen-bond acceptors (Lipinski definition) is 3. The Morgan fingerprint density at radius 3 is 2.74 bits per heavy atom. The van der Waals surface area contributed by atoms with E-state index in [1.165, 1.54) is 16.9 Å². The molecule has 4 heteroatoms. The average molecular weight is 295 g/mol. The zero-order chi connectivity index (χ0) is 13.8. The fourth-order valence-electron chi connectivity index (χ4n) is 1.65. The van der Waals surface area contributed by atoms with E-state index in [0.29, 0.717) is 15.1 Å². The highest BCUT2D eigenvalue weighted by Crippen LogP contribution is 2.23. The molecule has 0 spiro atoms. The zero-order valence-corrected chi connectivity index (χ0v) is 12.4. The van der Waals surface area contributed by atoms with E-state index >= 15 is 0 Å². The number of rotatable bonds is 5. The van der Waals surface area contributed by atoms with E-state index in [4.69, 9.17) is 16.3 Å². The van der Waals surface area contributed by atoms with Crippen molar-refractivity contribution in [2.24, 2.45) is 0 Å². The Kier molecular flexibility index (Phi) is 4.61. The minimum absolute atomic E-state index is 0.0401. The maximum atomic E-state index is 11.9. The van der Waals surface area contributed by atoms with Gasteiger partial charge in [0.2, 0.25) is 5.78 Å². The second kappa shape index (κ2) is 6.22. The Morgan fingerprint density at radius 2 is 2.11 bits per heavy atom. The monoisotopic (exact) mass is 294 g/mol. The van der Waals surface area contributed by atoms with E-state index in [-0.39, 0.29) is 12.4 Å². The molecule has 0 radical (unpaired) electrons. The molecule has 100 valence electrons. The molecule has 2 aromatic rings. The molecular formula is C15H15ClO2S. The second-order valence-corrected chi connectivity index (χ2v) is 6.26. The van der Waals surface area contributed by atoms with Crippen LogP contribution in [0.1, 0.15) is 35.0 Å². The van der Waals surface area contributed by atoms with Gasteiger partial charge in [0.25, 0.3) is 0 Å². The van der Waals surface area contributed by atoms with Gasteiger partial charge in [-0.1, -0.05) is 37.6 Å². The molecule has 2 rings (SSSR count). The third kappa shape index (κ3) is 3.82. The van der Waals surface area contributed by atoms with Crippen molar-refractivity contribution in [2.45, 2.75) is 19.8 Å². The van der Waals surface area contributed by atoms with Crippen LogP contribution < -0.4 is 4.74 Å². The Labute approximate surface area is 122 Å². The molecule has 0 N–H and O–H groups in total. The van der Waals surface area contributed by atoms with Crippen LogP contribution in [0.5, 0.6) is 5.75 Å². The first kappa shape index (κ1) is 14.1. The summed E-state index contributed by atoms with van der Waals surface area (Å²) in [7, 11) is 0. The van der Waals surface area contributed by atoms with Gasteiger partial charge in [-0.05, 0) is 35.7 Å². The lowest BCUT2D eigenvalue weighted by Gasteiger charge is -2.09. The van der Waals surface area contributed by atoms with Crippen LogP contribution in [-0.2, 0) is 0 Å². The number of halogens is 1. The first-order valence-electron chi connectivity index (χ1n) is 6.07. The van der Waals surface area contributed by atoms with Crippen molar-refractivity contribution >= 4 is 28.7 Å². The van der Waals surface area contributed by atoms with Crippen molar-refractivity contribution in [1.82, 2.24) is 0 Å². The van der Waals surface area contributed by atoms with Gasteiger partial charge in [-0.25, -0.2) is 0 Å². The van der Waals surface area contributed by atoms with Gasteiger partial charge in [0.05, 0.1) is 9.21 Å². The van der Waals surface area contributed by atoms with Gasteiger partial charge >= 0.3 is 0 Å². The van der Waals surface area contributed by atoms with E-state index in [0.717, 1.165) is 5.75 Å². The van der Waals surface area contributed by atoms with Gasteiger partial charge < -0.3 is 4.74 Å². The predicted molar refractivity (Wildman–Crippen MR) is 79.7 cm³/mol. The minimum atomic E-state index is -0.0492. The molecular weight excluding hydrogens is 280 g/mol.